The maximum Gasteiger partial charge on any atom is 0.293 e. The molecule has 1 aliphatic rings. The summed E-state index contributed by atoms with van der Waals surface area (Å²) in [5, 5.41) is 2.53. The standard InChI is InChI=1S/C28H24ClFN2O4S/c1-17(2)20-6-3-4-9-24(20)31-26(33)16-36-19-12-10-18(11-13-19)14-25-27(34)32(28(35)37-25)15-21-22(29)7-5-8-23(21)30/h3-14,17H,15-16H2,1-2H3,(H,31,33)/b25-14-. The third-order valence-corrected chi connectivity index (χ3v) is 6.92. The highest BCUT2D eigenvalue weighted by atomic mass is 35.5. The molecule has 3 aromatic rings. The van der Waals surface area contributed by atoms with Crippen LogP contribution in [0.25, 0.3) is 6.08 Å². The maximum atomic E-state index is 14.1. The molecule has 0 atom stereocenters. The van der Waals surface area contributed by atoms with E-state index in [-0.39, 0.29) is 40.5 Å². The summed E-state index contributed by atoms with van der Waals surface area (Å²) in [6, 6.07) is 18.6. The van der Waals surface area contributed by atoms with E-state index in [2.05, 4.69) is 19.2 Å². The molecule has 1 aliphatic heterocycles. The number of amides is 3. The van der Waals surface area contributed by atoms with E-state index < -0.39 is 17.0 Å². The highest BCUT2D eigenvalue weighted by Gasteiger charge is 2.35. The molecule has 1 fully saturated rings. The zero-order valence-corrected chi connectivity index (χ0v) is 21.7. The minimum Gasteiger partial charge on any atom is -0.484 e. The van der Waals surface area contributed by atoms with Crippen LogP contribution in [-0.4, -0.2) is 28.6 Å². The summed E-state index contributed by atoms with van der Waals surface area (Å²) in [4.78, 5) is 38.8. The van der Waals surface area contributed by atoms with Crippen LogP contribution in [0.5, 0.6) is 5.75 Å². The van der Waals surface area contributed by atoms with E-state index in [1.807, 2.05) is 24.3 Å². The lowest BCUT2D eigenvalue weighted by molar-refractivity contribution is -0.123. The lowest BCUT2D eigenvalue weighted by Gasteiger charge is -2.14. The number of benzene rings is 3. The van der Waals surface area contributed by atoms with Crippen LogP contribution >= 0.6 is 23.4 Å². The Morgan fingerprint density at radius 2 is 1.81 bits per heavy atom. The molecule has 1 heterocycles. The van der Waals surface area contributed by atoms with Gasteiger partial charge in [0.1, 0.15) is 11.6 Å². The Balaban J connectivity index is 1.36. The van der Waals surface area contributed by atoms with Crippen molar-refractivity contribution in [2.45, 2.75) is 26.3 Å². The van der Waals surface area contributed by atoms with Gasteiger partial charge in [-0.2, -0.15) is 0 Å². The molecule has 1 saturated heterocycles. The number of carbonyl (C=O) groups excluding carboxylic acids is 3. The van der Waals surface area contributed by atoms with Crippen molar-refractivity contribution in [3.63, 3.8) is 0 Å². The molecule has 3 amide bonds. The summed E-state index contributed by atoms with van der Waals surface area (Å²) in [6.07, 6.45) is 1.58. The molecule has 0 aliphatic carbocycles. The van der Waals surface area contributed by atoms with Crippen LogP contribution < -0.4 is 10.1 Å². The smallest absolute Gasteiger partial charge is 0.293 e. The number of carbonyl (C=O) groups is 3. The summed E-state index contributed by atoms with van der Waals surface area (Å²) in [5.74, 6) is -0.631. The van der Waals surface area contributed by atoms with Crippen LogP contribution in [0.2, 0.25) is 5.02 Å². The fourth-order valence-electron chi connectivity index (χ4n) is 3.74. The molecule has 37 heavy (non-hydrogen) atoms. The summed E-state index contributed by atoms with van der Waals surface area (Å²) in [5.41, 5.74) is 2.55. The van der Waals surface area contributed by atoms with Crippen molar-refractivity contribution in [2.24, 2.45) is 0 Å². The molecule has 190 valence electrons. The molecular weight excluding hydrogens is 515 g/mol. The third-order valence-electron chi connectivity index (χ3n) is 5.66. The second-order valence-corrected chi connectivity index (χ2v) is 10.0. The van der Waals surface area contributed by atoms with Crippen molar-refractivity contribution in [3.8, 4) is 5.75 Å². The number of anilines is 1. The van der Waals surface area contributed by atoms with E-state index in [1.165, 1.54) is 18.2 Å². The van der Waals surface area contributed by atoms with Gasteiger partial charge in [-0.05, 0) is 65.2 Å². The Hall–Kier alpha value is -3.62. The molecule has 0 aromatic heterocycles. The highest BCUT2D eigenvalue weighted by Crippen LogP contribution is 2.35. The first-order chi connectivity index (χ1) is 17.7. The zero-order valence-electron chi connectivity index (χ0n) is 20.2. The Bertz CT molecular complexity index is 1350. The number of thioether (sulfide) groups is 1. The summed E-state index contributed by atoms with van der Waals surface area (Å²) in [7, 11) is 0. The van der Waals surface area contributed by atoms with Crippen molar-refractivity contribution >= 4 is 52.2 Å². The summed E-state index contributed by atoms with van der Waals surface area (Å²) >= 11 is 6.82. The largest absolute Gasteiger partial charge is 0.484 e. The molecule has 3 aromatic carbocycles. The monoisotopic (exact) mass is 538 g/mol. The van der Waals surface area contributed by atoms with Gasteiger partial charge in [-0.25, -0.2) is 4.39 Å². The van der Waals surface area contributed by atoms with Gasteiger partial charge in [0.15, 0.2) is 6.61 Å². The molecule has 0 unspecified atom stereocenters. The van der Waals surface area contributed by atoms with Crippen molar-refractivity contribution < 1.29 is 23.5 Å². The molecule has 6 nitrogen and oxygen atoms in total. The quantitative estimate of drug-likeness (QED) is 0.317. The van der Waals surface area contributed by atoms with Gasteiger partial charge in [0.25, 0.3) is 17.1 Å². The van der Waals surface area contributed by atoms with Gasteiger partial charge in [0, 0.05) is 16.3 Å². The average Bonchev–Trinajstić information content (AvgIpc) is 3.13. The van der Waals surface area contributed by atoms with Crippen LogP contribution in [-0.2, 0) is 16.1 Å². The Labute approximate surface area is 223 Å². The second-order valence-electron chi connectivity index (χ2n) is 8.62. The van der Waals surface area contributed by atoms with Crippen LogP contribution in [0.15, 0.2) is 71.6 Å². The minimum absolute atomic E-state index is 0.0888. The minimum atomic E-state index is -0.580. The van der Waals surface area contributed by atoms with Gasteiger partial charge in [-0.15, -0.1) is 0 Å². The van der Waals surface area contributed by atoms with E-state index in [1.54, 1.807) is 30.3 Å². The van der Waals surface area contributed by atoms with Gasteiger partial charge in [-0.3, -0.25) is 19.3 Å². The van der Waals surface area contributed by atoms with E-state index in [0.29, 0.717) is 11.3 Å². The Kier molecular flexibility index (Phi) is 8.31. The number of halogens is 2. The van der Waals surface area contributed by atoms with Crippen LogP contribution in [0.1, 0.15) is 36.5 Å². The van der Waals surface area contributed by atoms with Gasteiger partial charge >= 0.3 is 0 Å². The summed E-state index contributed by atoms with van der Waals surface area (Å²) in [6.45, 7) is 3.71. The van der Waals surface area contributed by atoms with Crippen molar-refractivity contribution in [1.82, 2.24) is 4.90 Å². The Morgan fingerprint density at radius 1 is 1.08 bits per heavy atom. The van der Waals surface area contributed by atoms with Crippen molar-refractivity contribution in [2.75, 3.05) is 11.9 Å². The number of nitrogens with zero attached hydrogens (tertiary/aromatic N) is 1. The molecule has 0 saturated carbocycles. The van der Waals surface area contributed by atoms with E-state index in [0.717, 1.165) is 27.9 Å². The van der Waals surface area contributed by atoms with Crippen LogP contribution in [0, 0.1) is 5.82 Å². The second kappa shape index (κ2) is 11.6. The molecule has 0 spiro atoms. The molecule has 1 N–H and O–H groups in total. The number of nitrogens with one attached hydrogen (secondary N) is 1. The molecule has 0 radical (unpaired) electrons. The van der Waals surface area contributed by atoms with Crippen molar-refractivity contribution in [1.29, 1.82) is 0 Å². The average molecular weight is 539 g/mol. The van der Waals surface area contributed by atoms with Crippen LogP contribution in [0.3, 0.4) is 0 Å². The topological polar surface area (TPSA) is 75.7 Å². The number of rotatable bonds is 8. The van der Waals surface area contributed by atoms with E-state index in [4.69, 9.17) is 16.3 Å². The number of hydrogen-bond donors (Lipinski definition) is 1. The molecule has 9 heteroatoms. The molecule has 0 bridgehead atoms. The Morgan fingerprint density at radius 3 is 2.51 bits per heavy atom. The van der Waals surface area contributed by atoms with Gasteiger partial charge in [0.2, 0.25) is 0 Å². The fourth-order valence-corrected chi connectivity index (χ4v) is 4.80. The lowest BCUT2D eigenvalue weighted by atomic mass is 10.0. The van der Waals surface area contributed by atoms with Crippen LogP contribution in [0.4, 0.5) is 14.9 Å². The van der Waals surface area contributed by atoms with Gasteiger partial charge in [-0.1, -0.05) is 61.8 Å². The maximum absolute atomic E-state index is 14.1. The number of ether oxygens (including phenoxy) is 1. The predicted molar refractivity (Wildman–Crippen MR) is 144 cm³/mol. The number of para-hydroxylation sites is 1. The number of imide groups is 1. The first-order valence-corrected chi connectivity index (χ1v) is 12.7. The molecular formula is C28H24ClFN2O4S. The van der Waals surface area contributed by atoms with Gasteiger partial charge in [0.05, 0.1) is 11.4 Å². The zero-order chi connectivity index (χ0) is 26.5. The van der Waals surface area contributed by atoms with Gasteiger partial charge < -0.3 is 10.1 Å². The predicted octanol–water partition coefficient (Wildman–Crippen LogP) is 6.86. The lowest BCUT2D eigenvalue weighted by Crippen LogP contribution is -2.28. The van der Waals surface area contributed by atoms with E-state index >= 15 is 0 Å². The van der Waals surface area contributed by atoms with Crippen molar-refractivity contribution in [3.05, 3.63) is 99.2 Å². The normalized spacial score (nSPS) is 14.5. The summed E-state index contributed by atoms with van der Waals surface area (Å²) < 4.78 is 19.7. The fraction of sp³-hybridized carbons (Fsp3) is 0.179. The molecule has 4 rings (SSSR count). The first-order valence-electron chi connectivity index (χ1n) is 11.5. The highest BCUT2D eigenvalue weighted by molar-refractivity contribution is 8.18. The number of hydrogen-bond acceptors (Lipinski definition) is 5. The SMILES string of the molecule is CC(C)c1ccccc1NC(=O)COc1ccc(/C=C2\SC(=O)N(Cc3c(F)cccc3Cl)C2=O)cc1. The third kappa shape index (κ3) is 6.39. The first kappa shape index (κ1) is 26.4. The van der Waals surface area contributed by atoms with E-state index in [9.17, 15) is 18.8 Å².